The zero-order chi connectivity index (χ0) is 26.9. The molecule has 12 heteroatoms. The third kappa shape index (κ3) is 5.26. The van der Waals surface area contributed by atoms with Crippen molar-refractivity contribution in [2.45, 2.75) is 43.7 Å². The summed E-state index contributed by atoms with van der Waals surface area (Å²) in [6, 6.07) is 13.1. The van der Waals surface area contributed by atoms with Crippen molar-refractivity contribution in [1.29, 1.82) is 0 Å². The van der Waals surface area contributed by atoms with Crippen LogP contribution < -0.4 is 14.4 Å². The summed E-state index contributed by atoms with van der Waals surface area (Å²) in [5, 5.41) is 10.9. The summed E-state index contributed by atoms with van der Waals surface area (Å²) in [6.45, 7) is 2.22. The number of piperidine rings is 1. The van der Waals surface area contributed by atoms with Gasteiger partial charge in [0.1, 0.15) is 24.7 Å². The molecule has 0 amide bonds. The van der Waals surface area contributed by atoms with Gasteiger partial charge >= 0.3 is 18.0 Å². The number of aryl methyl sites for hydroxylation is 1. The SMILES string of the molecule is COC1(c2ccc(C(F)(F)F)cc2)CCN(c2ccc(OCC3CCn4cc([N+](=O)[O-])nc4O3)cc2)CC1. The molecule has 1 atom stereocenters. The van der Waals surface area contributed by atoms with Gasteiger partial charge in [-0.05, 0) is 59.7 Å². The number of benzene rings is 2. The third-order valence-corrected chi connectivity index (χ3v) is 7.22. The van der Waals surface area contributed by atoms with Gasteiger partial charge in [-0.3, -0.25) is 4.57 Å². The van der Waals surface area contributed by atoms with Crippen LogP contribution in [0.4, 0.5) is 24.7 Å². The van der Waals surface area contributed by atoms with Crippen LogP contribution in [0.15, 0.2) is 54.7 Å². The van der Waals surface area contributed by atoms with Crippen molar-refractivity contribution >= 4 is 11.5 Å². The first-order valence-electron chi connectivity index (χ1n) is 12.3. The molecule has 2 aromatic carbocycles. The topological polar surface area (TPSA) is 91.9 Å². The van der Waals surface area contributed by atoms with Gasteiger partial charge in [0.15, 0.2) is 0 Å². The molecule has 5 rings (SSSR count). The molecule has 1 saturated heterocycles. The Balaban J connectivity index is 1.15. The van der Waals surface area contributed by atoms with Crippen LogP contribution in [0.3, 0.4) is 0 Å². The molecule has 3 heterocycles. The molecule has 3 aromatic rings. The summed E-state index contributed by atoms with van der Waals surface area (Å²) in [7, 11) is 1.60. The number of hydrogen-bond donors (Lipinski definition) is 0. The molecular weight excluding hydrogens is 505 g/mol. The number of ether oxygens (including phenoxy) is 3. The Bertz CT molecular complexity index is 1270. The van der Waals surface area contributed by atoms with Gasteiger partial charge in [0.05, 0.1) is 11.2 Å². The Labute approximate surface area is 216 Å². The zero-order valence-corrected chi connectivity index (χ0v) is 20.7. The van der Waals surface area contributed by atoms with Crippen molar-refractivity contribution < 1.29 is 32.3 Å². The van der Waals surface area contributed by atoms with Crippen LogP contribution in [0.25, 0.3) is 0 Å². The summed E-state index contributed by atoms with van der Waals surface area (Å²) < 4.78 is 57.9. The van der Waals surface area contributed by atoms with Crippen LogP contribution in [-0.2, 0) is 23.1 Å². The average molecular weight is 533 g/mol. The molecule has 9 nitrogen and oxygen atoms in total. The number of nitro groups is 1. The lowest BCUT2D eigenvalue weighted by Crippen LogP contribution is -2.43. The number of hydrogen-bond acceptors (Lipinski definition) is 7. The van der Waals surface area contributed by atoms with Crippen molar-refractivity contribution in [2.75, 3.05) is 31.7 Å². The molecule has 0 bridgehead atoms. The molecule has 202 valence electrons. The summed E-state index contributed by atoms with van der Waals surface area (Å²) in [5.74, 6) is 0.433. The minimum atomic E-state index is -4.37. The first kappa shape index (κ1) is 25.8. The number of aromatic nitrogens is 2. The highest BCUT2D eigenvalue weighted by Gasteiger charge is 2.38. The molecule has 38 heavy (non-hydrogen) atoms. The summed E-state index contributed by atoms with van der Waals surface area (Å²) in [6.07, 6.45) is -1.34. The van der Waals surface area contributed by atoms with E-state index >= 15 is 0 Å². The van der Waals surface area contributed by atoms with E-state index in [0.29, 0.717) is 44.6 Å². The smallest absolute Gasteiger partial charge is 0.416 e. The molecule has 0 radical (unpaired) electrons. The van der Waals surface area contributed by atoms with Gasteiger partial charge in [0.2, 0.25) is 0 Å². The lowest BCUT2D eigenvalue weighted by Gasteiger charge is -2.42. The van der Waals surface area contributed by atoms with Gasteiger partial charge in [0.25, 0.3) is 0 Å². The van der Waals surface area contributed by atoms with Crippen LogP contribution in [0.1, 0.15) is 30.4 Å². The number of methoxy groups -OCH3 is 1. The average Bonchev–Trinajstić information content (AvgIpc) is 3.36. The van der Waals surface area contributed by atoms with E-state index in [1.54, 1.807) is 11.7 Å². The quantitative estimate of drug-likeness (QED) is 0.306. The highest BCUT2D eigenvalue weighted by atomic mass is 19.4. The Morgan fingerprint density at radius 1 is 1.11 bits per heavy atom. The summed E-state index contributed by atoms with van der Waals surface area (Å²) in [4.78, 5) is 16.5. The second-order valence-corrected chi connectivity index (χ2v) is 9.43. The number of rotatable bonds is 7. The number of alkyl halides is 3. The Morgan fingerprint density at radius 2 is 1.79 bits per heavy atom. The zero-order valence-electron chi connectivity index (χ0n) is 20.7. The number of nitrogens with zero attached hydrogens (tertiary/aromatic N) is 4. The van der Waals surface area contributed by atoms with Gasteiger partial charge in [-0.15, -0.1) is 0 Å². The maximum atomic E-state index is 13.0. The predicted molar refractivity (Wildman–Crippen MR) is 131 cm³/mol. The van der Waals surface area contributed by atoms with Gasteiger partial charge in [-0.2, -0.15) is 13.2 Å². The van der Waals surface area contributed by atoms with Crippen molar-refractivity contribution in [2.24, 2.45) is 0 Å². The molecule has 1 fully saturated rings. The maximum Gasteiger partial charge on any atom is 0.416 e. The molecule has 2 aliphatic rings. The number of anilines is 1. The highest BCUT2D eigenvalue weighted by molar-refractivity contribution is 5.50. The number of fused-ring (bicyclic) bond motifs is 1. The van der Waals surface area contributed by atoms with E-state index in [1.807, 2.05) is 24.3 Å². The molecular formula is C26H27F3N4O5. The van der Waals surface area contributed by atoms with Gasteiger partial charge < -0.3 is 29.2 Å². The van der Waals surface area contributed by atoms with Crippen LogP contribution in [0.5, 0.6) is 11.8 Å². The van der Waals surface area contributed by atoms with E-state index < -0.39 is 22.3 Å². The Hall–Kier alpha value is -3.80. The second-order valence-electron chi connectivity index (χ2n) is 9.43. The lowest BCUT2D eigenvalue weighted by molar-refractivity contribution is -0.389. The first-order chi connectivity index (χ1) is 18.2. The van der Waals surface area contributed by atoms with E-state index in [1.165, 1.54) is 18.3 Å². The van der Waals surface area contributed by atoms with Crippen molar-refractivity contribution in [3.8, 4) is 11.8 Å². The van der Waals surface area contributed by atoms with Crippen LogP contribution in [0, 0.1) is 10.1 Å². The number of halogens is 3. The van der Waals surface area contributed by atoms with Crippen molar-refractivity contribution in [3.05, 3.63) is 76.0 Å². The molecule has 0 saturated carbocycles. The fourth-order valence-corrected chi connectivity index (χ4v) is 4.98. The van der Waals surface area contributed by atoms with E-state index in [2.05, 4.69) is 9.88 Å². The van der Waals surface area contributed by atoms with E-state index in [-0.39, 0.29) is 24.5 Å². The first-order valence-corrected chi connectivity index (χ1v) is 12.3. The van der Waals surface area contributed by atoms with Gasteiger partial charge in [-0.25, -0.2) is 0 Å². The van der Waals surface area contributed by atoms with Crippen LogP contribution >= 0.6 is 0 Å². The Morgan fingerprint density at radius 3 is 2.39 bits per heavy atom. The minimum Gasteiger partial charge on any atom is -0.490 e. The van der Waals surface area contributed by atoms with Crippen LogP contribution in [-0.4, -0.2) is 47.4 Å². The maximum absolute atomic E-state index is 13.0. The minimum absolute atomic E-state index is 0.223. The largest absolute Gasteiger partial charge is 0.490 e. The highest BCUT2D eigenvalue weighted by Crippen LogP contribution is 2.39. The summed E-state index contributed by atoms with van der Waals surface area (Å²) >= 11 is 0. The molecule has 0 spiro atoms. The molecule has 0 aliphatic carbocycles. The Kier molecular flexibility index (Phi) is 6.91. The summed E-state index contributed by atoms with van der Waals surface area (Å²) in [5.41, 5.74) is 0.465. The third-order valence-electron chi connectivity index (χ3n) is 7.22. The monoisotopic (exact) mass is 532 g/mol. The molecule has 0 N–H and O–H groups in total. The van der Waals surface area contributed by atoms with Crippen molar-refractivity contribution in [1.82, 2.24) is 9.55 Å². The van der Waals surface area contributed by atoms with Crippen LogP contribution in [0.2, 0.25) is 0 Å². The molecule has 1 aromatic heterocycles. The van der Waals surface area contributed by atoms with Crippen molar-refractivity contribution in [3.63, 3.8) is 0 Å². The molecule has 2 aliphatic heterocycles. The van der Waals surface area contributed by atoms with Gasteiger partial charge in [0, 0.05) is 43.8 Å². The lowest BCUT2D eigenvalue weighted by atomic mass is 9.83. The van der Waals surface area contributed by atoms with E-state index in [4.69, 9.17) is 14.2 Å². The molecule has 1 unspecified atom stereocenters. The van der Waals surface area contributed by atoms with Gasteiger partial charge in [-0.1, -0.05) is 12.1 Å². The normalized spacial score (nSPS) is 18.9. The predicted octanol–water partition coefficient (Wildman–Crippen LogP) is 5.18. The van der Waals surface area contributed by atoms with E-state index in [9.17, 15) is 23.3 Å². The number of imidazole rings is 1. The fourth-order valence-electron chi connectivity index (χ4n) is 4.98. The standard InChI is InChI=1S/C26H27F3N4O5/c1-36-25(18-2-4-19(5-3-18)26(27,28)29)11-14-31(15-12-25)20-6-8-21(9-7-20)37-17-22-10-13-32-16-23(33(34)35)30-24(32)38-22/h2-9,16,22H,10-15,17H2,1H3. The fraction of sp³-hybridized carbons (Fsp3) is 0.423. The second kappa shape index (κ2) is 10.2. The van der Waals surface area contributed by atoms with E-state index in [0.717, 1.165) is 23.4 Å².